The SMILES string of the molecule is Cc1cc2c(cc1C)CN(c1ccc(C(=O)N/N=C/c3ccccc3O)cc1)C2. The normalized spacial score (nSPS) is 13.0. The Kier molecular flexibility index (Phi) is 5.04. The third-order valence-corrected chi connectivity index (χ3v) is 5.34. The molecule has 0 aliphatic carbocycles. The summed E-state index contributed by atoms with van der Waals surface area (Å²) in [4.78, 5) is 14.6. The van der Waals surface area contributed by atoms with Gasteiger partial charge in [-0.2, -0.15) is 5.10 Å². The number of aromatic hydroxyl groups is 1. The van der Waals surface area contributed by atoms with E-state index in [4.69, 9.17) is 0 Å². The van der Waals surface area contributed by atoms with Crippen LogP contribution in [0.15, 0.2) is 65.8 Å². The fraction of sp³-hybridized carbons (Fsp3) is 0.167. The summed E-state index contributed by atoms with van der Waals surface area (Å²) in [6.07, 6.45) is 1.42. The smallest absolute Gasteiger partial charge is 0.271 e. The molecule has 0 bridgehead atoms. The largest absolute Gasteiger partial charge is 0.507 e. The molecular weight excluding hydrogens is 362 g/mol. The highest BCUT2D eigenvalue weighted by molar-refractivity contribution is 5.95. The minimum atomic E-state index is -0.292. The molecule has 1 aliphatic heterocycles. The Balaban J connectivity index is 1.40. The molecule has 0 radical (unpaired) electrons. The highest BCUT2D eigenvalue weighted by Crippen LogP contribution is 2.30. The molecule has 1 heterocycles. The van der Waals surface area contributed by atoms with Gasteiger partial charge >= 0.3 is 0 Å². The zero-order valence-electron chi connectivity index (χ0n) is 16.5. The highest BCUT2D eigenvalue weighted by Gasteiger charge is 2.20. The van der Waals surface area contributed by atoms with Gasteiger partial charge in [-0.3, -0.25) is 4.79 Å². The summed E-state index contributed by atoms with van der Waals surface area (Å²) >= 11 is 0. The van der Waals surface area contributed by atoms with Crippen LogP contribution in [-0.2, 0) is 13.1 Å². The number of carbonyl (C=O) groups excluding carboxylic acids is 1. The molecular formula is C24H23N3O2. The van der Waals surface area contributed by atoms with Gasteiger partial charge in [0, 0.05) is 29.9 Å². The Hall–Kier alpha value is -3.60. The summed E-state index contributed by atoms with van der Waals surface area (Å²) in [7, 11) is 0. The van der Waals surface area contributed by atoms with Crippen molar-refractivity contribution in [2.24, 2.45) is 5.10 Å². The number of carbonyl (C=O) groups is 1. The van der Waals surface area contributed by atoms with E-state index in [1.165, 1.54) is 28.5 Å². The maximum Gasteiger partial charge on any atom is 0.271 e. The van der Waals surface area contributed by atoms with E-state index in [0.29, 0.717) is 11.1 Å². The lowest BCUT2D eigenvalue weighted by atomic mass is 10.0. The van der Waals surface area contributed by atoms with Gasteiger partial charge in [0.15, 0.2) is 0 Å². The number of nitrogens with zero attached hydrogens (tertiary/aromatic N) is 2. The summed E-state index contributed by atoms with van der Waals surface area (Å²) in [6, 6.07) is 18.9. The average Bonchev–Trinajstić information content (AvgIpc) is 3.12. The quantitative estimate of drug-likeness (QED) is 0.520. The Morgan fingerprint density at radius 1 is 1.00 bits per heavy atom. The van der Waals surface area contributed by atoms with Gasteiger partial charge in [0.1, 0.15) is 5.75 Å². The molecule has 0 spiro atoms. The Bertz CT molecular complexity index is 1060. The summed E-state index contributed by atoms with van der Waals surface area (Å²) < 4.78 is 0. The lowest BCUT2D eigenvalue weighted by Gasteiger charge is -2.17. The van der Waals surface area contributed by atoms with Crippen LogP contribution in [0, 0.1) is 13.8 Å². The molecule has 0 atom stereocenters. The third kappa shape index (κ3) is 3.99. The zero-order chi connectivity index (χ0) is 20.4. The molecule has 3 aromatic rings. The van der Waals surface area contributed by atoms with Crippen LogP contribution in [0.1, 0.15) is 38.2 Å². The zero-order valence-corrected chi connectivity index (χ0v) is 16.5. The van der Waals surface area contributed by atoms with Crippen LogP contribution >= 0.6 is 0 Å². The van der Waals surface area contributed by atoms with Crippen LogP contribution in [-0.4, -0.2) is 17.2 Å². The fourth-order valence-corrected chi connectivity index (χ4v) is 3.53. The molecule has 0 aromatic heterocycles. The second kappa shape index (κ2) is 7.80. The van der Waals surface area contributed by atoms with Crippen molar-refractivity contribution in [3.05, 3.63) is 94.0 Å². The van der Waals surface area contributed by atoms with E-state index in [-0.39, 0.29) is 11.7 Å². The van der Waals surface area contributed by atoms with Crippen LogP contribution in [0.3, 0.4) is 0 Å². The molecule has 4 rings (SSSR count). The van der Waals surface area contributed by atoms with Crippen LogP contribution in [0.25, 0.3) is 0 Å². The molecule has 3 aromatic carbocycles. The van der Waals surface area contributed by atoms with Crippen LogP contribution in [0.4, 0.5) is 5.69 Å². The van der Waals surface area contributed by atoms with Gasteiger partial charge in [0.25, 0.3) is 5.91 Å². The van der Waals surface area contributed by atoms with E-state index < -0.39 is 0 Å². The van der Waals surface area contributed by atoms with Crippen LogP contribution < -0.4 is 10.3 Å². The van der Waals surface area contributed by atoms with Gasteiger partial charge in [-0.05, 0) is 72.5 Å². The average molecular weight is 385 g/mol. The monoisotopic (exact) mass is 385 g/mol. The Morgan fingerprint density at radius 2 is 1.62 bits per heavy atom. The third-order valence-electron chi connectivity index (χ3n) is 5.34. The molecule has 0 saturated carbocycles. The number of phenols is 1. The Labute approximate surface area is 170 Å². The standard InChI is InChI=1S/C24H23N3O2/c1-16-11-20-14-27(15-21(20)12-17(16)2)22-9-7-18(8-10-22)24(29)26-25-13-19-5-3-4-6-23(19)28/h3-13,28H,14-15H2,1-2H3,(H,26,29)/b25-13+. The van der Waals surface area contributed by atoms with Crippen molar-refractivity contribution >= 4 is 17.8 Å². The predicted molar refractivity (Wildman–Crippen MR) is 115 cm³/mol. The molecule has 2 N–H and O–H groups in total. The number of fused-ring (bicyclic) bond motifs is 1. The molecule has 0 saturated heterocycles. The van der Waals surface area contributed by atoms with Crippen molar-refractivity contribution in [2.45, 2.75) is 26.9 Å². The maximum atomic E-state index is 12.3. The first-order valence-corrected chi connectivity index (χ1v) is 9.56. The number of hydrazone groups is 1. The van der Waals surface area contributed by atoms with E-state index >= 15 is 0 Å². The van der Waals surface area contributed by atoms with Crippen LogP contribution in [0.5, 0.6) is 5.75 Å². The van der Waals surface area contributed by atoms with Crippen molar-refractivity contribution in [3.8, 4) is 5.75 Å². The molecule has 146 valence electrons. The number of rotatable bonds is 4. The van der Waals surface area contributed by atoms with Crippen molar-refractivity contribution in [2.75, 3.05) is 4.90 Å². The van der Waals surface area contributed by atoms with E-state index in [9.17, 15) is 9.90 Å². The molecule has 29 heavy (non-hydrogen) atoms. The summed E-state index contributed by atoms with van der Waals surface area (Å²) in [5.41, 5.74) is 10.0. The van der Waals surface area contributed by atoms with E-state index in [1.807, 2.05) is 12.1 Å². The number of hydrogen-bond acceptors (Lipinski definition) is 4. The first-order chi connectivity index (χ1) is 14.0. The number of nitrogens with one attached hydrogen (secondary N) is 1. The number of anilines is 1. The number of amides is 1. The molecule has 0 fully saturated rings. The minimum Gasteiger partial charge on any atom is -0.507 e. The van der Waals surface area contributed by atoms with Crippen molar-refractivity contribution in [1.29, 1.82) is 0 Å². The van der Waals surface area contributed by atoms with Gasteiger partial charge in [0.05, 0.1) is 6.21 Å². The topological polar surface area (TPSA) is 64.9 Å². The molecule has 0 unspecified atom stereocenters. The minimum absolute atomic E-state index is 0.117. The molecule has 1 aliphatic rings. The number of aryl methyl sites for hydroxylation is 2. The lowest BCUT2D eigenvalue weighted by molar-refractivity contribution is 0.0955. The van der Waals surface area contributed by atoms with Gasteiger partial charge < -0.3 is 10.0 Å². The lowest BCUT2D eigenvalue weighted by Crippen LogP contribution is -2.18. The van der Waals surface area contributed by atoms with Crippen molar-refractivity contribution in [3.63, 3.8) is 0 Å². The number of hydrogen-bond donors (Lipinski definition) is 2. The number of benzene rings is 3. The molecule has 5 heteroatoms. The second-order valence-corrected chi connectivity index (χ2v) is 7.37. The van der Waals surface area contributed by atoms with Gasteiger partial charge in [-0.15, -0.1) is 0 Å². The van der Waals surface area contributed by atoms with E-state index in [1.54, 1.807) is 36.4 Å². The Morgan fingerprint density at radius 3 is 2.24 bits per heavy atom. The van der Waals surface area contributed by atoms with E-state index in [2.05, 4.69) is 41.4 Å². The summed E-state index contributed by atoms with van der Waals surface area (Å²) in [5.74, 6) is -0.175. The fourth-order valence-electron chi connectivity index (χ4n) is 3.53. The predicted octanol–water partition coefficient (Wildman–Crippen LogP) is 4.29. The van der Waals surface area contributed by atoms with Crippen LogP contribution in [0.2, 0.25) is 0 Å². The van der Waals surface area contributed by atoms with Crippen molar-refractivity contribution in [1.82, 2.24) is 5.43 Å². The maximum absolute atomic E-state index is 12.3. The van der Waals surface area contributed by atoms with Gasteiger partial charge in [-0.25, -0.2) is 5.43 Å². The van der Waals surface area contributed by atoms with Gasteiger partial charge in [-0.1, -0.05) is 24.3 Å². The van der Waals surface area contributed by atoms with E-state index in [0.717, 1.165) is 18.8 Å². The van der Waals surface area contributed by atoms with Gasteiger partial charge in [0.2, 0.25) is 0 Å². The summed E-state index contributed by atoms with van der Waals surface area (Å²) in [6.45, 7) is 6.06. The van der Waals surface area contributed by atoms with Crippen molar-refractivity contribution < 1.29 is 9.90 Å². The summed E-state index contributed by atoms with van der Waals surface area (Å²) in [5, 5.41) is 13.6. The first-order valence-electron chi connectivity index (χ1n) is 9.56. The number of para-hydroxylation sites is 1. The number of phenolic OH excluding ortho intramolecular Hbond substituents is 1. The molecule has 5 nitrogen and oxygen atoms in total. The molecule has 1 amide bonds. The first kappa shape index (κ1) is 18.7. The second-order valence-electron chi connectivity index (χ2n) is 7.37. The highest BCUT2D eigenvalue weighted by atomic mass is 16.3.